The molecule has 2 heterocycles. The largest absolute Gasteiger partial charge is 0.433 e. The Bertz CT molecular complexity index is 487. The standard InChI is InChI=1S/C11H10ClF3N2O2/c12-9-7(1-2-8(16-9)11(13,14)15)10(18)17-3-5-19-6-4-17/h1-2H,3-6H2. The van der Waals surface area contributed by atoms with Crippen LogP contribution in [0.15, 0.2) is 12.1 Å². The summed E-state index contributed by atoms with van der Waals surface area (Å²) >= 11 is 5.66. The Morgan fingerprint density at radius 3 is 2.47 bits per heavy atom. The van der Waals surface area contributed by atoms with Gasteiger partial charge in [0.05, 0.1) is 18.8 Å². The van der Waals surface area contributed by atoms with Gasteiger partial charge < -0.3 is 9.64 Å². The SMILES string of the molecule is O=C(c1ccc(C(F)(F)F)nc1Cl)N1CCOCC1. The number of pyridine rings is 1. The van der Waals surface area contributed by atoms with Crippen molar-refractivity contribution in [2.75, 3.05) is 26.3 Å². The van der Waals surface area contributed by atoms with Crippen molar-refractivity contribution < 1.29 is 22.7 Å². The summed E-state index contributed by atoms with van der Waals surface area (Å²) in [6.07, 6.45) is -4.58. The fourth-order valence-corrected chi connectivity index (χ4v) is 1.92. The molecule has 19 heavy (non-hydrogen) atoms. The van der Waals surface area contributed by atoms with Crippen molar-refractivity contribution in [3.8, 4) is 0 Å². The van der Waals surface area contributed by atoms with Gasteiger partial charge in [0, 0.05) is 13.1 Å². The van der Waals surface area contributed by atoms with Crippen LogP contribution in [0.4, 0.5) is 13.2 Å². The van der Waals surface area contributed by atoms with Gasteiger partial charge in [-0.3, -0.25) is 4.79 Å². The lowest BCUT2D eigenvalue weighted by Crippen LogP contribution is -2.40. The van der Waals surface area contributed by atoms with Crippen LogP contribution in [0, 0.1) is 0 Å². The monoisotopic (exact) mass is 294 g/mol. The first kappa shape index (κ1) is 14.1. The molecule has 1 aromatic rings. The van der Waals surface area contributed by atoms with E-state index in [-0.39, 0.29) is 5.56 Å². The van der Waals surface area contributed by atoms with Crippen LogP contribution in [-0.4, -0.2) is 42.1 Å². The number of carbonyl (C=O) groups is 1. The molecule has 0 radical (unpaired) electrons. The third kappa shape index (κ3) is 3.16. The van der Waals surface area contributed by atoms with Crippen molar-refractivity contribution in [1.29, 1.82) is 0 Å². The number of halogens is 4. The second-order valence-corrected chi connectivity index (χ2v) is 4.30. The molecule has 1 aliphatic rings. The normalized spacial score (nSPS) is 16.5. The Morgan fingerprint density at radius 1 is 1.32 bits per heavy atom. The van der Waals surface area contributed by atoms with Gasteiger partial charge in [-0.1, -0.05) is 11.6 Å². The first-order chi connectivity index (χ1) is 8.89. The average Bonchev–Trinajstić information content (AvgIpc) is 2.38. The first-order valence-electron chi connectivity index (χ1n) is 5.50. The topological polar surface area (TPSA) is 42.4 Å². The molecule has 1 fully saturated rings. The molecule has 1 aliphatic heterocycles. The molecule has 0 bridgehead atoms. The molecule has 1 amide bonds. The Hall–Kier alpha value is -1.34. The van der Waals surface area contributed by atoms with Crippen LogP contribution in [0.2, 0.25) is 5.15 Å². The molecule has 2 rings (SSSR count). The van der Waals surface area contributed by atoms with E-state index in [4.69, 9.17) is 16.3 Å². The fraction of sp³-hybridized carbons (Fsp3) is 0.455. The van der Waals surface area contributed by atoms with Gasteiger partial charge in [0.1, 0.15) is 10.8 Å². The molecule has 1 saturated heterocycles. The van der Waals surface area contributed by atoms with Gasteiger partial charge in [0.2, 0.25) is 0 Å². The average molecular weight is 295 g/mol. The number of carbonyl (C=O) groups excluding carboxylic acids is 1. The van der Waals surface area contributed by atoms with Gasteiger partial charge in [0.15, 0.2) is 0 Å². The van der Waals surface area contributed by atoms with Gasteiger partial charge in [0.25, 0.3) is 5.91 Å². The molecule has 0 unspecified atom stereocenters. The third-order valence-corrected chi connectivity index (χ3v) is 2.96. The highest BCUT2D eigenvalue weighted by Gasteiger charge is 2.33. The maximum atomic E-state index is 12.4. The zero-order valence-electron chi connectivity index (χ0n) is 9.71. The molecule has 0 spiro atoms. The number of amides is 1. The van der Waals surface area contributed by atoms with Crippen molar-refractivity contribution in [2.45, 2.75) is 6.18 Å². The second-order valence-electron chi connectivity index (χ2n) is 3.94. The maximum Gasteiger partial charge on any atom is 0.433 e. The van der Waals surface area contributed by atoms with E-state index in [0.717, 1.165) is 12.1 Å². The molecular formula is C11H10ClF3N2O2. The van der Waals surface area contributed by atoms with Crippen LogP contribution < -0.4 is 0 Å². The molecule has 0 atom stereocenters. The quantitative estimate of drug-likeness (QED) is 0.746. The fourth-order valence-electron chi connectivity index (χ4n) is 1.69. The van der Waals surface area contributed by atoms with Crippen LogP contribution in [-0.2, 0) is 10.9 Å². The number of aromatic nitrogens is 1. The Labute approximate surface area is 112 Å². The Balaban J connectivity index is 2.23. The molecule has 8 heteroatoms. The predicted octanol–water partition coefficient (Wildman–Crippen LogP) is 2.23. The van der Waals surface area contributed by atoms with Crippen LogP contribution in [0.3, 0.4) is 0 Å². The van der Waals surface area contributed by atoms with Gasteiger partial charge in [-0.2, -0.15) is 13.2 Å². The lowest BCUT2D eigenvalue weighted by Gasteiger charge is -2.27. The number of rotatable bonds is 1. The summed E-state index contributed by atoms with van der Waals surface area (Å²) in [6.45, 7) is 1.57. The number of morpholine rings is 1. The van der Waals surface area contributed by atoms with Crippen molar-refractivity contribution in [3.63, 3.8) is 0 Å². The molecule has 0 saturated carbocycles. The molecule has 0 aliphatic carbocycles. The lowest BCUT2D eigenvalue weighted by molar-refractivity contribution is -0.141. The highest BCUT2D eigenvalue weighted by molar-refractivity contribution is 6.32. The summed E-state index contributed by atoms with van der Waals surface area (Å²) in [5.41, 5.74) is -1.15. The number of hydrogen-bond donors (Lipinski definition) is 0. The predicted molar refractivity (Wildman–Crippen MR) is 61.0 cm³/mol. The van der Waals surface area contributed by atoms with E-state index < -0.39 is 22.9 Å². The van der Waals surface area contributed by atoms with Gasteiger partial charge in [-0.25, -0.2) is 4.98 Å². The van der Waals surface area contributed by atoms with E-state index >= 15 is 0 Å². The van der Waals surface area contributed by atoms with Gasteiger partial charge in [-0.15, -0.1) is 0 Å². The first-order valence-corrected chi connectivity index (χ1v) is 5.88. The summed E-state index contributed by atoms with van der Waals surface area (Å²) in [7, 11) is 0. The van der Waals surface area contributed by atoms with E-state index in [2.05, 4.69) is 4.98 Å². The number of alkyl halides is 3. The highest BCUT2D eigenvalue weighted by atomic mass is 35.5. The summed E-state index contributed by atoms with van der Waals surface area (Å²) in [5.74, 6) is -0.436. The van der Waals surface area contributed by atoms with Gasteiger partial charge in [-0.05, 0) is 12.1 Å². The van der Waals surface area contributed by atoms with Gasteiger partial charge >= 0.3 is 6.18 Å². The van der Waals surface area contributed by atoms with Crippen molar-refractivity contribution in [1.82, 2.24) is 9.88 Å². The summed E-state index contributed by atoms with van der Waals surface area (Å²) in [6, 6.07) is 1.80. The molecular weight excluding hydrogens is 285 g/mol. The minimum absolute atomic E-state index is 0.0310. The summed E-state index contributed by atoms with van der Waals surface area (Å²) in [4.78, 5) is 16.7. The van der Waals surface area contributed by atoms with E-state index in [9.17, 15) is 18.0 Å². The van der Waals surface area contributed by atoms with E-state index in [1.54, 1.807) is 0 Å². The molecule has 1 aromatic heterocycles. The maximum absolute atomic E-state index is 12.4. The zero-order valence-corrected chi connectivity index (χ0v) is 10.5. The van der Waals surface area contributed by atoms with Crippen molar-refractivity contribution >= 4 is 17.5 Å². The summed E-state index contributed by atoms with van der Waals surface area (Å²) in [5, 5.41) is -0.439. The van der Waals surface area contributed by atoms with Crippen molar-refractivity contribution in [3.05, 3.63) is 28.5 Å². The number of nitrogens with zero attached hydrogens (tertiary/aromatic N) is 2. The van der Waals surface area contributed by atoms with E-state index in [1.807, 2.05) is 0 Å². The smallest absolute Gasteiger partial charge is 0.378 e. The minimum Gasteiger partial charge on any atom is -0.378 e. The Kier molecular flexibility index (Phi) is 3.96. The summed E-state index contributed by atoms with van der Waals surface area (Å²) < 4.78 is 42.4. The molecule has 0 N–H and O–H groups in total. The minimum atomic E-state index is -4.58. The van der Waals surface area contributed by atoms with Crippen LogP contribution in [0.5, 0.6) is 0 Å². The molecule has 0 aromatic carbocycles. The number of hydrogen-bond acceptors (Lipinski definition) is 3. The highest BCUT2D eigenvalue weighted by Crippen LogP contribution is 2.29. The van der Waals surface area contributed by atoms with Crippen LogP contribution in [0.1, 0.15) is 16.1 Å². The van der Waals surface area contributed by atoms with Crippen molar-refractivity contribution in [2.24, 2.45) is 0 Å². The lowest BCUT2D eigenvalue weighted by atomic mass is 10.2. The zero-order chi connectivity index (χ0) is 14.0. The third-order valence-electron chi connectivity index (χ3n) is 2.67. The van der Waals surface area contributed by atoms with Crippen LogP contribution >= 0.6 is 11.6 Å². The van der Waals surface area contributed by atoms with E-state index in [0.29, 0.717) is 26.3 Å². The van der Waals surface area contributed by atoms with E-state index in [1.165, 1.54) is 4.90 Å². The second kappa shape index (κ2) is 5.34. The Morgan fingerprint density at radius 2 is 1.95 bits per heavy atom. The molecule has 104 valence electrons. The number of ether oxygens (including phenoxy) is 1. The van der Waals surface area contributed by atoms with Crippen LogP contribution in [0.25, 0.3) is 0 Å². The molecule has 4 nitrogen and oxygen atoms in total.